The minimum atomic E-state index is -0.287. The van der Waals surface area contributed by atoms with Gasteiger partial charge in [-0.25, -0.2) is 0 Å². The van der Waals surface area contributed by atoms with Crippen molar-refractivity contribution in [3.63, 3.8) is 0 Å². The van der Waals surface area contributed by atoms with Gasteiger partial charge >= 0.3 is 5.97 Å². The van der Waals surface area contributed by atoms with E-state index in [1.165, 1.54) is 5.57 Å². The maximum atomic E-state index is 11.7. The summed E-state index contributed by atoms with van der Waals surface area (Å²) in [5.41, 5.74) is 0.749. The van der Waals surface area contributed by atoms with Crippen LogP contribution in [0.25, 0.3) is 0 Å². The van der Waals surface area contributed by atoms with Crippen molar-refractivity contribution in [2.24, 2.45) is 5.92 Å². The van der Waals surface area contributed by atoms with Crippen LogP contribution in [0.3, 0.4) is 0 Å². The summed E-state index contributed by atoms with van der Waals surface area (Å²) in [4.78, 5) is 11.7. The van der Waals surface area contributed by atoms with Crippen LogP contribution in [0, 0.1) is 5.92 Å². The highest BCUT2D eigenvalue weighted by Crippen LogP contribution is 2.61. The predicted octanol–water partition coefficient (Wildman–Crippen LogP) is 2.45. The van der Waals surface area contributed by atoms with Crippen LogP contribution in [0.5, 0.6) is 0 Å². The highest BCUT2D eigenvalue weighted by Gasteiger charge is 2.70. The third-order valence-electron chi connectivity index (χ3n) is 3.73. The van der Waals surface area contributed by atoms with E-state index in [-0.39, 0.29) is 17.2 Å². The van der Waals surface area contributed by atoms with Gasteiger partial charge in [0, 0.05) is 0 Å². The molecule has 2 aliphatic rings. The van der Waals surface area contributed by atoms with E-state index >= 15 is 0 Å². The Labute approximate surface area is 96.8 Å². The lowest BCUT2D eigenvalue weighted by atomic mass is 9.91. The van der Waals surface area contributed by atoms with Gasteiger partial charge in [-0.3, -0.25) is 4.79 Å². The number of carbonyl (C=O) groups is 1. The quantitative estimate of drug-likeness (QED) is 0.418. The first-order valence-electron chi connectivity index (χ1n) is 5.93. The van der Waals surface area contributed by atoms with E-state index in [0.29, 0.717) is 18.9 Å². The van der Waals surface area contributed by atoms with E-state index in [2.05, 4.69) is 19.9 Å². The van der Waals surface area contributed by atoms with Gasteiger partial charge in [0.2, 0.25) is 0 Å². The van der Waals surface area contributed by atoms with Gasteiger partial charge in [0.1, 0.15) is 11.2 Å². The van der Waals surface area contributed by atoms with E-state index in [4.69, 9.17) is 9.47 Å². The molecule has 0 aromatic carbocycles. The number of esters is 1. The van der Waals surface area contributed by atoms with Crippen LogP contribution in [0.1, 0.15) is 40.5 Å². The molecule has 2 atom stereocenters. The Kier molecular flexibility index (Phi) is 2.61. The van der Waals surface area contributed by atoms with Gasteiger partial charge in [0.15, 0.2) is 0 Å². The fraction of sp³-hybridized carbons (Fsp3) is 0.769. The maximum absolute atomic E-state index is 11.7. The molecule has 0 radical (unpaired) electrons. The summed E-state index contributed by atoms with van der Waals surface area (Å²) in [7, 11) is 0. The Hall–Kier alpha value is -0.830. The van der Waals surface area contributed by atoms with E-state index in [9.17, 15) is 4.79 Å². The van der Waals surface area contributed by atoms with Crippen molar-refractivity contribution in [1.29, 1.82) is 0 Å². The number of rotatable bonds is 4. The van der Waals surface area contributed by atoms with Crippen LogP contribution < -0.4 is 0 Å². The lowest BCUT2D eigenvalue weighted by Crippen LogP contribution is -2.24. The maximum Gasteiger partial charge on any atom is 0.308 e. The van der Waals surface area contributed by atoms with Crippen LogP contribution in [-0.4, -0.2) is 23.8 Å². The lowest BCUT2D eigenvalue weighted by molar-refractivity contribution is -0.146. The van der Waals surface area contributed by atoms with Crippen molar-refractivity contribution in [3.8, 4) is 0 Å². The molecule has 0 spiro atoms. The Bertz CT molecular complexity index is 345. The predicted molar refractivity (Wildman–Crippen MR) is 61.0 cm³/mol. The molecule has 1 heterocycles. The highest BCUT2D eigenvalue weighted by molar-refractivity contribution is 5.72. The molecule has 1 saturated heterocycles. The van der Waals surface area contributed by atoms with Gasteiger partial charge in [-0.2, -0.15) is 0 Å². The molecule has 16 heavy (non-hydrogen) atoms. The second kappa shape index (κ2) is 3.59. The van der Waals surface area contributed by atoms with Crippen molar-refractivity contribution in [3.05, 3.63) is 11.6 Å². The van der Waals surface area contributed by atoms with Crippen molar-refractivity contribution in [2.45, 2.75) is 51.7 Å². The molecule has 0 saturated carbocycles. The fourth-order valence-corrected chi connectivity index (χ4v) is 2.37. The lowest BCUT2D eigenvalue weighted by Gasteiger charge is -2.11. The van der Waals surface area contributed by atoms with Crippen LogP contribution in [0.2, 0.25) is 0 Å². The molecule has 0 N–H and O–H groups in total. The fourth-order valence-electron chi connectivity index (χ4n) is 2.37. The Morgan fingerprint density at radius 1 is 1.62 bits per heavy atom. The Morgan fingerprint density at radius 2 is 2.31 bits per heavy atom. The van der Waals surface area contributed by atoms with Gasteiger partial charge in [0.05, 0.1) is 13.0 Å². The highest BCUT2D eigenvalue weighted by atomic mass is 16.6. The Morgan fingerprint density at radius 3 is 2.75 bits per heavy atom. The molecular formula is C13H20O3. The van der Waals surface area contributed by atoms with Gasteiger partial charge < -0.3 is 9.47 Å². The molecule has 1 fully saturated rings. The van der Waals surface area contributed by atoms with Gasteiger partial charge in [-0.05, 0) is 31.8 Å². The van der Waals surface area contributed by atoms with E-state index in [0.717, 1.165) is 6.42 Å². The molecular weight excluding hydrogens is 204 g/mol. The molecule has 1 aliphatic carbocycles. The standard InChI is InChI=1S/C13H20O3/c1-9(2)8-15-11(14)7-13-6-5-10(3)12(13,4)16-13/h5,9H,6-8H2,1-4H3. The number of hydrogen-bond donors (Lipinski definition) is 0. The second-order valence-corrected chi connectivity index (χ2v) is 5.47. The normalized spacial score (nSPS) is 35.9. The summed E-state index contributed by atoms with van der Waals surface area (Å²) < 4.78 is 10.9. The number of ether oxygens (including phenoxy) is 2. The molecule has 2 rings (SSSR count). The first-order valence-corrected chi connectivity index (χ1v) is 5.93. The summed E-state index contributed by atoms with van der Waals surface area (Å²) in [6.07, 6.45) is 3.38. The van der Waals surface area contributed by atoms with Crippen molar-refractivity contribution in [1.82, 2.24) is 0 Å². The minimum absolute atomic E-state index is 0.138. The number of carbonyl (C=O) groups excluding carboxylic acids is 1. The number of hydrogen-bond acceptors (Lipinski definition) is 3. The summed E-state index contributed by atoms with van der Waals surface area (Å²) in [5.74, 6) is 0.247. The van der Waals surface area contributed by atoms with Crippen molar-refractivity contribution < 1.29 is 14.3 Å². The monoisotopic (exact) mass is 224 g/mol. The van der Waals surface area contributed by atoms with E-state index < -0.39 is 0 Å². The van der Waals surface area contributed by atoms with Gasteiger partial charge in [-0.15, -0.1) is 0 Å². The largest absolute Gasteiger partial charge is 0.465 e. The summed E-state index contributed by atoms with van der Waals surface area (Å²) in [6.45, 7) is 8.68. The molecule has 1 aliphatic heterocycles. The molecule has 0 amide bonds. The summed E-state index contributed by atoms with van der Waals surface area (Å²) in [6, 6.07) is 0. The molecule has 2 unspecified atom stereocenters. The molecule has 3 nitrogen and oxygen atoms in total. The van der Waals surface area contributed by atoms with E-state index in [1.807, 2.05) is 13.8 Å². The van der Waals surface area contributed by atoms with Crippen molar-refractivity contribution in [2.75, 3.05) is 6.61 Å². The van der Waals surface area contributed by atoms with Gasteiger partial charge in [0.25, 0.3) is 0 Å². The molecule has 0 aromatic heterocycles. The zero-order valence-corrected chi connectivity index (χ0v) is 10.5. The van der Waals surface area contributed by atoms with Crippen LogP contribution in [-0.2, 0) is 14.3 Å². The SMILES string of the molecule is CC1=CCC2(CC(=O)OCC(C)C)OC12C. The molecule has 90 valence electrons. The average Bonchev–Trinajstić information content (AvgIpc) is 2.71. The van der Waals surface area contributed by atoms with Crippen LogP contribution >= 0.6 is 0 Å². The van der Waals surface area contributed by atoms with Crippen LogP contribution in [0.4, 0.5) is 0 Å². The second-order valence-electron chi connectivity index (χ2n) is 5.47. The smallest absolute Gasteiger partial charge is 0.308 e. The van der Waals surface area contributed by atoms with Gasteiger partial charge in [-0.1, -0.05) is 19.9 Å². The van der Waals surface area contributed by atoms with Crippen LogP contribution in [0.15, 0.2) is 11.6 Å². The average molecular weight is 224 g/mol. The zero-order chi connectivity index (χ0) is 12.0. The summed E-state index contributed by atoms with van der Waals surface area (Å²) in [5, 5.41) is 0. The first kappa shape index (κ1) is 11.6. The molecule has 0 aromatic rings. The third-order valence-corrected chi connectivity index (χ3v) is 3.73. The molecule has 3 heteroatoms. The topological polar surface area (TPSA) is 38.8 Å². The number of epoxide rings is 1. The van der Waals surface area contributed by atoms with Crippen molar-refractivity contribution >= 4 is 5.97 Å². The summed E-state index contributed by atoms with van der Waals surface area (Å²) >= 11 is 0. The third kappa shape index (κ3) is 1.67. The number of fused-ring (bicyclic) bond motifs is 1. The van der Waals surface area contributed by atoms with E-state index in [1.54, 1.807) is 0 Å². The minimum Gasteiger partial charge on any atom is -0.465 e. The first-order chi connectivity index (χ1) is 7.40. The Balaban J connectivity index is 1.87. The molecule has 0 bridgehead atoms. The zero-order valence-electron chi connectivity index (χ0n) is 10.5.